The van der Waals surface area contributed by atoms with E-state index in [9.17, 15) is 4.79 Å². The molecule has 3 heterocycles. The van der Waals surface area contributed by atoms with Gasteiger partial charge in [-0.05, 0) is 30.5 Å². The zero-order valence-electron chi connectivity index (χ0n) is 14.0. The molecule has 1 aliphatic rings. The van der Waals surface area contributed by atoms with E-state index >= 15 is 0 Å². The fourth-order valence-electron chi connectivity index (χ4n) is 3.43. The van der Waals surface area contributed by atoms with Crippen LogP contribution in [0.1, 0.15) is 23.5 Å². The summed E-state index contributed by atoms with van der Waals surface area (Å²) >= 11 is 0. The van der Waals surface area contributed by atoms with E-state index in [2.05, 4.69) is 44.6 Å². The lowest BCUT2D eigenvalue weighted by Crippen LogP contribution is -2.35. The maximum absolute atomic E-state index is 12.3. The van der Waals surface area contributed by atoms with E-state index in [1.54, 1.807) is 16.9 Å². The molecule has 1 N–H and O–H groups in total. The van der Waals surface area contributed by atoms with Crippen molar-refractivity contribution in [2.45, 2.75) is 18.9 Å². The lowest BCUT2D eigenvalue weighted by molar-refractivity contribution is -0.122. The van der Waals surface area contributed by atoms with Gasteiger partial charge in [-0.25, -0.2) is 9.50 Å². The first-order valence-corrected chi connectivity index (χ1v) is 8.61. The normalized spacial score (nSPS) is 17.8. The van der Waals surface area contributed by atoms with E-state index < -0.39 is 0 Å². The van der Waals surface area contributed by atoms with Crippen molar-refractivity contribution in [3.05, 3.63) is 66.1 Å². The van der Waals surface area contributed by atoms with Crippen molar-refractivity contribution in [1.29, 1.82) is 0 Å². The first-order valence-electron chi connectivity index (χ1n) is 8.61. The number of hydrogen-bond donors (Lipinski definition) is 1. The number of likely N-dealkylation sites (tertiary alicyclic amines) is 1. The Morgan fingerprint density at radius 1 is 1.24 bits per heavy atom. The summed E-state index contributed by atoms with van der Waals surface area (Å²) in [5, 5.41) is 7.22. The van der Waals surface area contributed by atoms with Gasteiger partial charge in [0.25, 0.3) is 0 Å². The number of carbonyl (C=O) groups excluding carboxylic acids is 1. The lowest BCUT2D eigenvalue weighted by Gasteiger charge is -2.15. The van der Waals surface area contributed by atoms with Crippen LogP contribution < -0.4 is 5.32 Å². The molecule has 0 radical (unpaired) electrons. The van der Waals surface area contributed by atoms with Crippen molar-refractivity contribution in [1.82, 2.24) is 24.8 Å². The average Bonchev–Trinajstić information content (AvgIpc) is 3.28. The Labute approximate surface area is 146 Å². The van der Waals surface area contributed by atoms with Crippen LogP contribution in [0.4, 0.5) is 0 Å². The molecule has 1 amide bonds. The third-order valence-electron chi connectivity index (χ3n) is 4.74. The maximum atomic E-state index is 12.3. The van der Waals surface area contributed by atoms with Crippen LogP contribution in [0, 0.1) is 0 Å². The van der Waals surface area contributed by atoms with Crippen LogP contribution in [0.5, 0.6) is 0 Å². The topological polar surface area (TPSA) is 62.5 Å². The second-order valence-electron chi connectivity index (χ2n) is 6.47. The molecule has 2 aromatic heterocycles. The smallest absolute Gasteiger partial charge is 0.234 e. The SMILES string of the molecule is O=C(CN1CC[C@H](c2ccccc2)C1)NCc1cnn2cccnc12. The van der Waals surface area contributed by atoms with Gasteiger partial charge in [0, 0.05) is 31.0 Å². The summed E-state index contributed by atoms with van der Waals surface area (Å²) in [6.45, 7) is 2.80. The summed E-state index contributed by atoms with van der Waals surface area (Å²) in [6.07, 6.45) is 6.44. The van der Waals surface area contributed by atoms with Crippen LogP contribution in [0.15, 0.2) is 55.0 Å². The fraction of sp³-hybridized carbons (Fsp3) is 0.316. The summed E-state index contributed by atoms with van der Waals surface area (Å²) in [5.41, 5.74) is 3.08. The minimum Gasteiger partial charge on any atom is -0.351 e. The Balaban J connectivity index is 1.30. The van der Waals surface area contributed by atoms with Gasteiger partial charge in [-0.15, -0.1) is 0 Å². The number of nitrogens with one attached hydrogen (secondary N) is 1. The van der Waals surface area contributed by atoms with Gasteiger partial charge in [0.15, 0.2) is 5.65 Å². The number of fused-ring (bicyclic) bond motifs is 1. The van der Waals surface area contributed by atoms with Gasteiger partial charge in [0.1, 0.15) is 0 Å². The van der Waals surface area contributed by atoms with Crippen molar-refractivity contribution in [2.75, 3.05) is 19.6 Å². The van der Waals surface area contributed by atoms with Crippen molar-refractivity contribution in [3.63, 3.8) is 0 Å². The van der Waals surface area contributed by atoms with Gasteiger partial charge < -0.3 is 5.32 Å². The van der Waals surface area contributed by atoms with Gasteiger partial charge >= 0.3 is 0 Å². The molecule has 1 aromatic carbocycles. The first kappa shape index (κ1) is 15.8. The van der Waals surface area contributed by atoms with Gasteiger partial charge in [0.05, 0.1) is 12.7 Å². The van der Waals surface area contributed by atoms with Crippen LogP contribution in [0.3, 0.4) is 0 Å². The Morgan fingerprint density at radius 3 is 3.00 bits per heavy atom. The molecule has 0 saturated carbocycles. The molecule has 4 rings (SSSR count). The molecule has 0 bridgehead atoms. The highest BCUT2D eigenvalue weighted by atomic mass is 16.2. The number of carbonyl (C=O) groups is 1. The molecule has 25 heavy (non-hydrogen) atoms. The Kier molecular flexibility index (Phi) is 4.43. The van der Waals surface area contributed by atoms with Crippen molar-refractivity contribution < 1.29 is 4.79 Å². The molecule has 3 aromatic rings. The number of hydrogen-bond acceptors (Lipinski definition) is 4. The van der Waals surface area contributed by atoms with Crippen molar-refractivity contribution in [3.8, 4) is 0 Å². The molecule has 1 fully saturated rings. The van der Waals surface area contributed by atoms with Crippen LogP contribution >= 0.6 is 0 Å². The molecule has 0 spiro atoms. The highest BCUT2D eigenvalue weighted by molar-refractivity contribution is 5.78. The van der Waals surface area contributed by atoms with Gasteiger partial charge in [-0.3, -0.25) is 9.69 Å². The quantitative estimate of drug-likeness (QED) is 0.773. The van der Waals surface area contributed by atoms with E-state index in [1.807, 2.05) is 18.3 Å². The minimum absolute atomic E-state index is 0.0454. The average molecular weight is 335 g/mol. The third-order valence-corrected chi connectivity index (χ3v) is 4.74. The van der Waals surface area contributed by atoms with Gasteiger partial charge in [0.2, 0.25) is 5.91 Å². The van der Waals surface area contributed by atoms with Gasteiger partial charge in [-0.1, -0.05) is 30.3 Å². The highest BCUT2D eigenvalue weighted by Crippen LogP contribution is 2.26. The van der Waals surface area contributed by atoms with Crippen molar-refractivity contribution >= 4 is 11.6 Å². The first-order chi connectivity index (χ1) is 12.3. The van der Waals surface area contributed by atoms with Gasteiger partial charge in [-0.2, -0.15) is 5.10 Å². The predicted molar refractivity (Wildman–Crippen MR) is 95.1 cm³/mol. The number of nitrogens with zero attached hydrogens (tertiary/aromatic N) is 4. The summed E-state index contributed by atoms with van der Waals surface area (Å²) in [6, 6.07) is 12.4. The van der Waals surface area contributed by atoms with Crippen LogP contribution in [0.25, 0.3) is 5.65 Å². The summed E-state index contributed by atoms with van der Waals surface area (Å²) in [4.78, 5) is 18.8. The third kappa shape index (κ3) is 3.53. The Hall–Kier alpha value is -2.73. The molecule has 1 saturated heterocycles. The lowest BCUT2D eigenvalue weighted by atomic mass is 9.99. The summed E-state index contributed by atoms with van der Waals surface area (Å²) in [5.74, 6) is 0.571. The van der Waals surface area contributed by atoms with E-state index in [0.717, 1.165) is 30.7 Å². The zero-order chi connectivity index (χ0) is 17.1. The van der Waals surface area contributed by atoms with Crippen LogP contribution in [-0.4, -0.2) is 45.0 Å². The second-order valence-corrected chi connectivity index (χ2v) is 6.47. The summed E-state index contributed by atoms with van der Waals surface area (Å²) in [7, 11) is 0. The number of benzene rings is 1. The predicted octanol–water partition coefficient (Wildman–Crippen LogP) is 1.84. The standard InChI is InChI=1S/C19H21N5O/c25-18(21-11-17-12-22-24-9-4-8-20-19(17)24)14-23-10-7-16(13-23)15-5-2-1-3-6-15/h1-6,8-9,12,16H,7,10-11,13-14H2,(H,21,25)/t16-/m0/s1. The molecular weight excluding hydrogens is 314 g/mol. The van der Waals surface area contributed by atoms with E-state index in [4.69, 9.17) is 0 Å². The number of rotatable bonds is 5. The molecule has 0 aliphatic carbocycles. The number of amides is 1. The molecule has 6 heteroatoms. The van der Waals surface area contributed by atoms with Crippen LogP contribution in [-0.2, 0) is 11.3 Å². The van der Waals surface area contributed by atoms with Crippen LogP contribution in [0.2, 0.25) is 0 Å². The summed E-state index contributed by atoms with van der Waals surface area (Å²) < 4.78 is 1.71. The monoisotopic (exact) mass is 335 g/mol. The minimum atomic E-state index is 0.0454. The molecule has 1 aliphatic heterocycles. The Bertz CT molecular complexity index is 860. The fourth-order valence-corrected chi connectivity index (χ4v) is 3.43. The van der Waals surface area contributed by atoms with E-state index in [-0.39, 0.29) is 5.91 Å². The maximum Gasteiger partial charge on any atom is 0.234 e. The number of aromatic nitrogens is 3. The van der Waals surface area contributed by atoms with E-state index in [0.29, 0.717) is 19.0 Å². The Morgan fingerprint density at radius 2 is 2.12 bits per heavy atom. The molecule has 6 nitrogen and oxygen atoms in total. The molecule has 1 atom stereocenters. The largest absolute Gasteiger partial charge is 0.351 e. The van der Waals surface area contributed by atoms with Crippen molar-refractivity contribution in [2.24, 2.45) is 0 Å². The molecular formula is C19H21N5O. The molecule has 0 unspecified atom stereocenters. The zero-order valence-corrected chi connectivity index (χ0v) is 14.0. The molecule has 128 valence electrons. The highest BCUT2D eigenvalue weighted by Gasteiger charge is 2.25. The van der Waals surface area contributed by atoms with E-state index in [1.165, 1.54) is 5.56 Å². The second kappa shape index (κ2) is 7.03.